The molecule has 2 aromatic rings. The van der Waals surface area contributed by atoms with Crippen LogP contribution >= 0.6 is 0 Å². The van der Waals surface area contributed by atoms with Gasteiger partial charge in [0.25, 0.3) is 0 Å². The van der Waals surface area contributed by atoms with Gasteiger partial charge in [-0.25, -0.2) is 9.78 Å². The van der Waals surface area contributed by atoms with E-state index in [4.69, 9.17) is 0 Å². The smallest absolute Gasteiger partial charge is 0.317 e. The zero-order chi connectivity index (χ0) is 13.9. The highest BCUT2D eigenvalue weighted by Gasteiger charge is 2.39. The van der Waals surface area contributed by atoms with Gasteiger partial charge in [-0.1, -0.05) is 30.3 Å². The summed E-state index contributed by atoms with van der Waals surface area (Å²) in [5, 5.41) is 9.55. The molecule has 1 aliphatic carbocycles. The molecule has 1 aromatic heterocycles. The molecule has 2 N–H and O–H groups in total. The van der Waals surface area contributed by atoms with E-state index in [2.05, 4.69) is 32.6 Å². The summed E-state index contributed by atoms with van der Waals surface area (Å²) in [6.45, 7) is 0.425. The molecule has 1 aliphatic rings. The Morgan fingerprint density at radius 1 is 1.45 bits per heavy atom. The van der Waals surface area contributed by atoms with Gasteiger partial charge in [-0.2, -0.15) is 5.10 Å². The summed E-state index contributed by atoms with van der Waals surface area (Å²) in [4.78, 5) is 17.7. The zero-order valence-electron chi connectivity index (χ0n) is 11.3. The van der Waals surface area contributed by atoms with Crippen molar-refractivity contribution < 1.29 is 4.79 Å². The van der Waals surface area contributed by atoms with E-state index in [0.717, 1.165) is 6.42 Å². The van der Waals surface area contributed by atoms with Crippen LogP contribution in [0, 0.1) is 0 Å². The number of nitrogens with one attached hydrogen (secondary N) is 2. The second-order valence-corrected chi connectivity index (χ2v) is 5.10. The zero-order valence-corrected chi connectivity index (χ0v) is 11.3. The number of hydrogen-bond acceptors (Lipinski definition) is 3. The van der Waals surface area contributed by atoms with Crippen molar-refractivity contribution in [1.82, 2.24) is 25.4 Å². The predicted octanol–water partition coefficient (Wildman–Crippen LogP) is 1.50. The molecule has 20 heavy (non-hydrogen) atoms. The van der Waals surface area contributed by atoms with Gasteiger partial charge in [0.15, 0.2) is 0 Å². The third kappa shape index (κ3) is 2.79. The van der Waals surface area contributed by atoms with E-state index < -0.39 is 0 Å². The van der Waals surface area contributed by atoms with Crippen molar-refractivity contribution in [3.8, 4) is 0 Å². The van der Waals surface area contributed by atoms with Crippen LogP contribution in [0.25, 0.3) is 0 Å². The Morgan fingerprint density at radius 2 is 2.25 bits per heavy atom. The van der Waals surface area contributed by atoms with Crippen LogP contribution in [0.15, 0.2) is 36.7 Å². The van der Waals surface area contributed by atoms with Gasteiger partial charge in [0, 0.05) is 19.0 Å². The molecule has 2 atom stereocenters. The van der Waals surface area contributed by atoms with Gasteiger partial charge in [-0.15, -0.1) is 0 Å². The van der Waals surface area contributed by atoms with Crippen LogP contribution in [0.4, 0.5) is 4.79 Å². The standard InChI is InChI=1S/C14H17N5O/c1-19(8-13-15-9-16-18-13)14(20)17-12-7-11(12)10-5-3-2-4-6-10/h2-6,9,11-12H,7-8H2,1H3,(H,17,20)(H,15,16,18)/t11-,12+/m0/s1. The number of benzene rings is 1. The van der Waals surface area contributed by atoms with Crippen molar-refractivity contribution in [3.63, 3.8) is 0 Å². The van der Waals surface area contributed by atoms with E-state index in [9.17, 15) is 4.79 Å². The van der Waals surface area contributed by atoms with Crippen LogP contribution in [-0.2, 0) is 6.54 Å². The molecule has 0 aliphatic heterocycles. The van der Waals surface area contributed by atoms with Crippen LogP contribution in [0.1, 0.15) is 23.7 Å². The molecule has 0 bridgehead atoms. The summed E-state index contributed by atoms with van der Waals surface area (Å²) in [7, 11) is 1.75. The fraction of sp³-hybridized carbons (Fsp3) is 0.357. The van der Waals surface area contributed by atoms with Gasteiger partial charge in [-0.05, 0) is 12.0 Å². The minimum absolute atomic E-state index is 0.0789. The third-order valence-electron chi connectivity index (χ3n) is 3.53. The summed E-state index contributed by atoms with van der Waals surface area (Å²) < 4.78 is 0. The molecule has 104 valence electrons. The topological polar surface area (TPSA) is 73.9 Å². The Hall–Kier alpha value is -2.37. The van der Waals surface area contributed by atoms with Crippen molar-refractivity contribution in [2.24, 2.45) is 0 Å². The number of nitrogens with zero attached hydrogens (tertiary/aromatic N) is 3. The molecule has 0 unspecified atom stereocenters. The second-order valence-electron chi connectivity index (χ2n) is 5.10. The van der Waals surface area contributed by atoms with Crippen molar-refractivity contribution in [2.75, 3.05) is 7.05 Å². The van der Waals surface area contributed by atoms with E-state index in [0.29, 0.717) is 18.3 Å². The van der Waals surface area contributed by atoms with Gasteiger partial charge >= 0.3 is 6.03 Å². The summed E-state index contributed by atoms with van der Waals surface area (Å²) >= 11 is 0. The first-order valence-electron chi connectivity index (χ1n) is 6.65. The highest BCUT2D eigenvalue weighted by molar-refractivity contribution is 5.74. The number of hydrogen-bond donors (Lipinski definition) is 2. The van der Waals surface area contributed by atoms with E-state index in [1.54, 1.807) is 11.9 Å². The maximum absolute atomic E-state index is 12.0. The molecule has 3 rings (SSSR count). The Bertz CT molecular complexity index is 569. The summed E-state index contributed by atoms with van der Waals surface area (Å²) in [6, 6.07) is 10.4. The lowest BCUT2D eigenvalue weighted by Crippen LogP contribution is -2.38. The lowest BCUT2D eigenvalue weighted by atomic mass is 10.1. The second kappa shape index (κ2) is 5.32. The molecule has 1 fully saturated rings. The van der Waals surface area contributed by atoms with Crippen LogP contribution in [0.5, 0.6) is 0 Å². The average molecular weight is 271 g/mol. The first-order valence-corrected chi connectivity index (χ1v) is 6.65. The fourth-order valence-electron chi connectivity index (χ4n) is 2.30. The van der Waals surface area contributed by atoms with E-state index >= 15 is 0 Å². The predicted molar refractivity (Wildman–Crippen MR) is 74.0 cm³/mol. The molecule has 6 nitrogen and oxygen atoms in total. The van der Waals surface area contributed by atoms with Crippen LogP contribution in [0.2, 0.25) is 0 Å². The monoisotopic (exact) mass is 271 g/mol. The van der Waals surface area contributed by atoms with E-state index in [1.165, 1.54) is 11.9 Å². The maximum Gasteiger partial charge on any atom is 0.317 e. The van der Waals surface area contributed by atoms with Crippen molar-refractivity contribution in [1.29, 1.82) is 0 Å². The van der Waals surface area contributed by atoms with Crippen LogP contribution in [0.3, 0.4) is 0 Å². The largest absolute Gasteiger partial charge is 0.335 e. The molecule has 0 spiro atoms. The lowest BCUT2D eigenvalue weighted by Gasteiger charge is -2.16. The molecular weight excluding hydrogens is 254 g/mol. The number of carbonyl (C=O) groups excluding carboxylic acids is 1. The Balaban J connectivity index is 1.51. The van der Waals surface area contributed by atoms with Gasteiger partial charge in [0.2, 0.25) is 0 Å². The van der Waals surface area contributed by atoms with Crippen LogP contribution < -0.4 is 5.32 Å². The number of carbonyl (C=O) groups is 1. The Morgan fingerprint density at radius 3 is 2.95 bits per heavy atom. The molecule has 1 saturated carbocycles. The maximum atomic E-state index is 12.0. The van der Waals surface area contributed by atoms with Crippen molar-refractivity contribution >= 4 is 6.03 Å². The lowest BCUT2D eigenvalue weighted by molar-refractivity contribution is 0.205. The Labute approximate surface area is 117 Å². The number of amides is 2. The SMILES string of the molecule is CN(Cc1ncn[nH]1)C(=O)N[C@@H]1C[C@H]1c1ccccc1. The van der Waals surface area contributed by atoms with Gasteiger partial charge in [0.05, 0.1) is 6.54 Å². The number of H-pyrrole nitrogens is 1. The van der Waals surface area contributed by atoms with Crippen molar-refractivity contribution in [3.05, 3.63) is 48.0 Å². The highest BCUT2D eigenvalue weighted by atomic mass is 16.2. The summed E-state index contributed by atoms with van der Waals surface area (Å²) in [5.41, 5.74) is 1.29. The molecule has 6 heteroatoms. The Kier molecular flexibility index (Phi) is 3.37. The molecule has 0 saturated heterocycles. The number of rotatable bonds is 4. The minimum Gasteiger partial charge on any atom is -0.335 e. The molecular formula is C14H17N5O. The molecule has 0 radical (unpaired) electrons. The third-order valence-corrected chi connectivity index (χ3v) is 3.53. The minimum atomic E-state index is -0.0789. The first-order chi connectivity index (χ1) is 9.74. The van der Waals surface area contributed by atoms with Crippen LogP contribution in [-0.4, -0.2) is 39.2 Å². The highest BCUT2D eigenvalue weighted by Crippen LogP contribution is 2.40. The fourth-order valence-corrected chi connectivity index (χ4v) is 2.30. The normalized spacial score (nSPS) is 20.4. The first kappa shape index (κ1) is 12.7. The van der Waals surface area contributed by atoms with Gasteiger partial charge in [0.1, 0.15) is 12.2 Å². The van der Waals surface area contributed by atoms with Gasteiger partial charge < -0.3 is 10.2 Å². The van der Waals surface area contributed by atoms with E-state index in [-0.39, 0.29) is 12.1 Å². The number of aromatic nitrogens is 3. The number of aromatic amines is 1. The van der Waals surface area contributed by atoms with Gasteiger partial charge in [-0.3, -0.25) is 5.10 Å². The number of urea groups is 1. The quantitative estimate of drug-likeness (QED) is 0.885. The van der Waals surface area contributed by atoms with E-state index in [1.807, 2.05) is 18.2 Å². The van der Waals surface area contributed by atoms with Crippen molar-refractivity contribution in [2.45, 2.75) is 24.9 Å². The average Bonchev–Trinajstić information content (AvgIpc) is 3.04. The summed E-state index contributed by atoms with van der Waals surface area (Å²) in [6.07, 6.45) is 2.44. The molecule has 2 amide bonds. The summed E-state index contributed by atoms with van der Waals surface area (Å²) in [5.74, 6) is 1.12. The molecule has 1 heterocycles. The molecule has 1 aromatic carbocycles.